The van der Waals surface area contributed by atoms with Crippen molar-refractivity contribution in [2.24, 2.45) is 0 Å². The quantitative estimate of drug-likeness (QED) is 0.592. The third kappa shape index (κ3) is 1.58. The van der Waals surface area contributed by atoms with Crippen LogP contribution in [0.1, 0.15) is 6.23 Å². The van der Waals surface area contributed by atoms with E-state index in [0.29, 0.717) is 11.2 Å². The van der Waals surface area contributed by atoms with E-state index in [9.17, 15) is 10.2 Å². The molecule has 3 heterocycles. The van der Waals surface area contributed by atoms with Gasteiger partial charge < -0.3 is 20.1 Å². The molecule has 4 atom stereocenters. The highest BCUT2D eigenvalue weighted by Crippen LogP contribution is 2.30. The highest BCUT2D eigenvalue weighted by atomic mass is 16.6. The fourth-order valence-corrected chi connectivity index (χ4v) is 2.08. The van der Waals surface area contributed by atoms with E-state index in [0.717, 1.165) is 0 Å². The van der Waals surface area contributed by atoms with E-state index < -0.39 is 24.5 Å². The predicted molar refractivity (Wildman–Crippen MR) is 58.3 cm³/mol. The van der Waals surface area contributed by atoms with Gasteiger partial charge in [0.1, 0.15) is 23.8 Å². The molecule has 0 radical (unpaired) electrons. The Hall–Kier alpha value is -1.61. The summed E-state index contributed by atoms with van der Waals surface area (Å²) < 4.78 is 6.88. The number of ether oxygens (including phenoxy) is 1. The van der Waals surface area contributed by atoms with Crippen molar-refractivity contribution >= 4 is 11.2 Å². The van der Waals surface area contributed by atoms with Gasteiger partial charge in [-0.1, -0.05) is 0 Å². The van der Waals surface area contributed by atoms with E-state index in [2.05, 4.69) is 15.2 Å². The molecule has 1 saturated heterocycles. The minimum absolute atomic E-state index is 0.368. The molecule has 0 spiro atoms. The van der Waals surface area contributed by atoms with Crippen LogP contribution in [0.15, 0.2) is 18.6 Å². The van der Waals surface area contributed by atoms with Gasteiger partial charge in [-0.05, 0) is 6.07 Å². The van der Waals surface area contributed by atoms with Crippen LogP contribution in [0.5, 0.6) is 0 Å². The average molecular weight is 252 g/mol. The molecule has 2 aromatic heterocycles. The molecule has 0 amide bonds. The Morgan fingerprint density at radius 2 is 2.17 bits per heavy atom. The maximum Gasteiger partial charge on any atom is 0.184 e. The number of aromatic nitrogens is 4. The lowest BCUT2D eigenvalue weighted by atomic mass is 10.1. The lowest BCUT2D eigenvalue weighted by Crippen LogP contribution is -2.33. The molecule has 0 bridgehead atoms. The first-order valence-corrected chi connectivity index (χ1v) is 5.49. The number of aliphatic hydroxyl groups is 3. The summed E-state index contributed by atoms with van der Waals surface area (Å²) in [7, 11) is 0. The molecular formula is C10H12N4O4. The van der Waals surface area contributed by atoms with Gasteiger partial charge in [-0.2, -0.15) is 5.10 Å². The van der Waals surface area contributed by atoms with Crippen molar-refractivity contribution in [2.75, 3.05) is 6.61 Å². The zero-order valence-electron chi connectivity index (χ0n) is 9.29. The van der Waals surface area contributed by atoms with Crippen molar-refractivity contribution in [2.45, 2.75) is 24.5 Å². The first kappa shape index (κ1) is 11.5. The van der Waals surface area contributed by atoms with Gasteiger partial charge in [-0.15, -0.1) is 5.10 Å². The Morgan fingerprint density at radius 1 is 1.33 bits per heavy atom. The maximum absolute atomic E-state index is 9.91. The van der Waals surface area contributed by atoms with Crippen LogP contribution in [0.2, 0.25) is 0 Å². The van der Waals surface area contributed by atoms with E-state index >= 15 is 0 Å². The average Bonchev–Trinajstić information content (AvgIpc) is 2.93. The Bertz CT molecular complexity index is 560. The van der Waals surface area contributed by atoms with Gasteiger partial charge in [0.2, 0.25) is 0 Å². The normalized spacial score (nSPS) is 32.2. The van der Waals surface area contributed by atoms with Crippen LogP contribution in [0.25, 0.3) is 11.2 Å². The first-order valence-electron chi connectivity index (χ1n) is 5.49. The molecule has 0 aromatic carbocycles. The molecular weight excluding hydrogens is 240 g/mol. The second-order valence-corrected chi connectivity index (χ2v) is 4.12. The molecule has 96 valence electrons. The van der Waals surface area contributed by atoms with Crippen molar-refractivity contribution in [3.63, 3.8) is 0 Å². The molecule has 0 saturated carbocycles. The molecule has 1 fully saturated rings. The Kier molecular flexibility index (Phi) is 2.71. The molecule has 3 N–H and O–H groups in total. The van der Waals surface area contributed by atoms with Crippen LogP contribution in [-0.2, 0) is 4.74 Å². The summed E-state index contributed by atoms with van der Waals surface area (Å²) >= 11 is 0. The molecule has 3 rings (SSSR count). The smallest absolute Gasteiger partial charge is 0.184 e. The first-order chi connectivity index (χ1) is 8.72. The number of rotatable bonds is 2. The van der Waals surface area contributed by atoms with Crippen molar-refractivity contribution < 1.29 is 20.1 Å². The van der Waals surface area contributed by atoms with Crippen LogP contribution in [-0.4, -0.2) is 60.0 Å². The molecule has 8 heteroatoms. The van der Waals surface area contributed by atoms with E-state index in [1.54, 1.807) is 6.07 Å². The van der Waals surface area contributed by atoms with Crippen molar-refractivity contribution in [1.29, 1.82) is 0 Å². The number of imidazole rings is 1. The summed E-state index contributed by atoms with van der Waals surface area (Å²) in [6.07, 6.45) is -0.981. The molecule has 1 aliphatic heterocycles. The summed E-state index contributed by atoms with van der Waals surface area (Å²) in [6, 6.07) is 1.68. The lowest BCUT2D eigenvalue weighted by Gasteiger charge is -2.15. The number of nitrogens with zero attached hydrogens (tertiary/aromatic N) is 4. The predicted octanol–water partition coefficient (Wildman–Crippen LogP) is -1.56. The highest BCUT2D eigenvalue weighted by molar-refractivity contribution is 5.69. The third-order valence-corrected chi connectivity index (χ3v) is 3.04. The summed E-state index contributed by atoms with van der Waals surface area (Å²) in [4.78, 5) is 4.10. The van der Waals surface area contributed by atoms with Crippen LogP contribution < -0.4 is 0 Å². The summed E-state index contributed by atoms with van der Waals surface area (Å²) in [6.45, 7) is -0.368. The van der Waals surface area contributed by atoms with E-state index in [-0.39, 0.29) is 6.61 Å². The monoisotopic (exact) mass is 252 g/mol. The molecule has 0 unspecified atom stereocenters. The van der Waals surface area contributed by atoms with Crippen LogP contribution in [0.3, 0.4) is 0 Å². The van der Waals surface area contributed by atoms with E-state index in [1.165, 1.54) is 17.1 Å². The topological polar surface area (TPSA) is 114 Å². The Morgan fingerprint density at radius 3 is 2.89 bits per heavy atom. The Balaban J connectivity index is 2.00. The zero-order chi connectivity index (χ0) is 12.7. The van der Waals surface area contributed by atoms with Gasteiger partial charge in [-0.3, -0.25) is 4.57 Å². The van der Waals surface area contributed by atoms with Gasteiger partial charge >= 0.3 is 0 Å². The van der Waals surface area contributed by atoms with Crippen LogP contribution in [0.4, 0.5) is 0 Å². The number of fused-ring (bicyclic) bond motifs is 1. The standard InChI is InChI=1S/C10H12N4O4/c15-3-6-7(16)8(17)10(18-6)14-4-11-5-1-2-12-13-9(5)14/h1-2,4,6-8,10,15-17H,3H2/t6-,7-,8-,10-/m1/s1. The van der Waals surface area contributed by atoms with Crippen LogP contribution >= 0.6 is 0 Å². The van der Waals surface area contributed by atoms with Crippen molar-refractivity contribution in [3.05, 3.63) is 18.6 Å². The maximum atomic E-state index is 9.91. The molecule has 18 heavy (non-hydrogen) atoms. The van der Waals surface area contributed by atoms with E-state index in [4.69, 9.17) is 9.84 Å². The number of hydrogen-bond donors (Lipinski definition) is 3. The largest absolute Gasteiger partial charge is 0.394 e. The summed E-state index contributed by atoms with van der Waals surface area (Å²) in [5.41, 5.74) is 1.06. The van der Waals surface area contributed by atoms with Gasteiger partial charge in [0.15, 0.2) is 11.9 Å². The van der Waals surface area contributed by atoms with Gasteiger partial charge in [0.05, 0.1) is 19.1 Å². The summed E-state index contributed by atoms with van der Waals surface area (Å²) in [5, 5.41) is 36.3. The zero-order valence-corrected chi connectivity index (χ0v) is 9.29. The van der Waals surface area contributed by atoms with Gasteiger partial charge in [0, 0.05) is 0 Å². The molecule has 1 aliphatic rings. The third-order valence-electron chi connectivity index (χ3n) is 3.04. The van der Waals surface area contributed by atoms with Gasteiger partial charge in [0.25, 0.3) is 0 Å². The second-order valence-electron chi connectivity index (χ2n) is 4.12. The number of hydrogen-bond acceptors (Lipinski definition) is 7. The minimum Gasteiger partial charge on any atom is -0.394 e. The molecule has 0 aliphatic carbocycles. The van der Waals surface area contributed by atoms with Gasteiger partial charge in [-0.25, -0.2) is 4.98 Å². The van der Waals surface area contributed by atoms with Crippen molar-refractivity contribution in [3.8, 4) is 0 Å². The van der Waals surface area contributed by atoms with Crippen LogP contribution in [0, 0.1) is 0 Å². The Labute approximate surface area is 101 Å². The second kappa shape index (κ2) is 4.25. The fourth-order valence-electron chi connectivity index (χ4n) is 2.08. The van der Waals surface area contributed by atoms with E-state index in [1.807, 2.05) is 0 Å². The SMILES string of the molecule is OC[C@H]1O[C@@H](n2cnc3ccnnc32)[C@H](O)[C@@H]1O. The fraction of sp³-hybridized carbons (Fsp3) is 0.500. The molecule has 2 aromatic rings. The minimum atomic E-state index is -1.15. The lowest BCUT2D eigenvalue weighted by molar-refractivity contribution is -0.0511. The van der Waals surface area contributed by atoms with Crippen molar-refractivity contribution in [1.82, 2.24) is 19.7 Å². The highest BCUT2D eigenvalue weighted by Gasteiger charge is 2.43. The number of aliphatic hydroxyl groups excluding tert-OH is 3. The molecule has 8 nitrogen and oxygen atoms in total. The summed E-state index contributed by atoms with van der Waals surface area (Å²) in [5.74, 6) is 0.